The number of carbonyl (C=O) groups is 2. The average molecular weight is 307 g/mol. The molecule has 3 heterocycles. The van der Waals surface area contributed by atoms with Crippen LogP contribution >= 0.6 is 23.1 Å². The zero-order valence-corrected chi connectivity index (χ0v) is 12.2. The van der Waals surface area contributed by atoms with Crippen molar-refractivity contribution < 1.29 is 9.59 Å². The summed E-state index contributed by atoms with van der Waals surface area (Å²) < 4.78 is 2.02. The van der Waals surface area contributed by atoms with Crippen LogP contribution in [0.15, 0.2) is 29.8 Å². The first kappa shape index (κ1) is 13.3. The second-order valence-corrected chi connectivity index (χ2v) is 6.51. The average Bonchev–Trinajstić information content (AvgIpc) is 3.03. The molecule has 2 aromatic heterocycles. The zero-order chi connectivity index (χ0) is 14.1. The lowest BCUT2D eigenvalue weighted by Gasteiger charge is -2.16. The molecule has 1 unspecified atom stereocenters. The maximum atomic E-state index is 12.2. The Morgan fingerprint density at radius 3 is 3.15 bits per heavy atom. The molecule has 0 saturated heterocycles. The molecule has 3 N–H and O–H groups in total. The largest absolute Gasteiger partial charge is 0.370 e. The number of thiophene rings is 1. The normalized spacial score (nSPS) is 17.0. The summed E-state index contributed by atoms with van der Waals surface area (Å²) in [5.41, 5.74) is 7.06. The fourth-order valence-corrected chi connectivity index (χ4v) is 4.05. The molecular formula is C13H13N3O2S2. The number of nitrogens with zero attached hydrogens (tertiary/aromatic N) is 1. The molecule has 0 spiro atoms. The van der Waals surface area contributed by atoms with Crippen LogP contribution in [-0.2, 0) is 4.79 Å². The predicted molar refractivity (Wildman–Crippen MR) is 80.1 cm³/mol. The number of amides is 2. The first-order chi connectivity index (χ1) is 9.66. The molecule has 0 radical (unpaired) electrons. The molecule has 2 aromatic rings. The van der Waals surface area contributed by atoms with Crippen LogP contribution in [0.5, 0.6) is 0 Å². The molecule has 1 atom stereocenters. The summed E-state index contributed by atoms with van der Waals surface area (Å²) >= 11 is 2.94. The van der Waals surface area contributed by atoms with Gasteiger partial charge in [-0.1, -0.05) is 0 Å². The molecule has 2 amide bonds. The highest BCUT2D eigenvalue weighted by atomic mass is 32.2. The molecule has 0 aromatic carbocycles. The van der Waals surface area contributed by atoms with Gasteiger partial charge in [0, 0.05) is 18.4 Å². The highest BCUT2D eigenvalue weighted by Gasteiger charge is 2.27. The monoisotopic (exact) mass is 307 g/mol. The number of rotatable bonds is 4. The number of nitrogens with one attached hydrogen (secondary N) is 1. The molecule has 0 fully saturated rings. The van der Waals surface area contributed by atoms with Crippen LogP contribution in [0.4, 0.5) is 0 Å². The van der Waals surface area contributed by atoms with Crippen molar-refractivity contribution in [2.75, 3.05) is 5.75 Å². The van der Waals surface area contributed by atoms with Gasteiger partial charge in [0.15, 0.2) is 0 Å². The summed E-state index contributed by atoms with van der Waals surface area (Å²) in [5.74, 6) is 0.182. The minimum Gasteiger partial charge on any atom is -0.370 e. The van der Waals surface area contributed by atoms with E-state index in [4.69, 9.17) is 5.73 Å². The van der Waals surface area contributed by atoms with Gasteiger partial charge in [-0.2, -0.15) is 0 Å². The Kier molecular flexibility index (Phi) is 3.54. The van der Waals surface area contributed by atoms with Gasteiger partial charge in [-0.05, 0) is 23.6 Å². The second-order valence-electron chi connectivity index (χ2n) is 4.38. The van der Waals surface area contributed by atoms with Gasteiger partial charge in [-0.25, -0.2) is 0 Å². The Bertz CT molecular complexity index is 662. The Balaban J connectivity index is 1.90. The lowest BCUT2D eigenvalue weighted by molar-refractivity contribution is -0.117. The molecule has 0 bridgehead atoms. The smallest absolute Gasteiger partial charge is 0.264 e. The van der Waals surface area contributed by atoms with Gasteiger partial charge in [0.1, 0.15) is 10.3 Å². The SMILES string of the molecule is NC(=O)CCSC1NC(=O)c2sccc2-n2cccc21. The number of nitrogens with two attached hydrogens (primary N) is 1. The van der Waals surface area contributed by atoms with E-state index < -0.39 is 0 Å². The summed E-state index contributed by atoms with van der Waals surface area (Å²) in [4.78, 5) is 23.8. The van der Waals surface area contributed by atoms with Crippen LogP contribution in [0.3, 0.4) is 0 Å². The van der Waals surface area contributed by atoms with Crippen LogP contribution in [0.2, 0.25) is 0 Å². The van der Waals surface area contributed by atoms with Gasteiger partial charge in [0.25, 0.3) is 5.91 Å². The lowest BCUT2D eigenvalue weighted by Crippen LogP contribution is -2.25. The third-order valence-electron chi connectivity index (χ3n) is 3.05. The van der Waals surface area contributed by atoms with Crippen molar-refractivity contribution in [1.82, 2.24) is 9.88 Å². The van der Waals surface area contributed by atoms with Gasteiger partial charge < -0.3 is 15.6 Å². The molecule has 20 heavy (non-hydrogen) atoms. The molecule has 0 aliphatic carbocycles. The second kappa shape index (κ2) is 5.34. The number of hydrogen-bond donors (Lipinski definition) is 2. The Labute approximate surface area is 124 Å². The van der Waals surface area contributed by atoms with Crippen molar-refractivity contribution in [2.24, 2.45) is 5.73 Å². The highest BCUT2D eigenvalue weighted by Crippen LogP contribution is 2.34. The third kappa shape index (κ3) is 2.34. The Hall–Kier alpha value is -1.73. The first-order valence-corrected chi connectivity index (χ1v) is 8.05. The molecule has 3 rings (SSSR count). The summed E-state index contributed by atoms with van der Waals surface area (Å²) in [6.45, 7) is 0. The molecule has 5 nitrogen and oxygen atoms in total. The van der Waals surface area contributed by atoms with E-state index in [2.05, 4.69) is 5.32 Å². The maximum absolute atomic E-state index is 12.2. The summed E-state index contributed by atoms with van der Waals surface area (Å²) in [6.07, 6.45) is 2.25. The lowest BCUT2D eigenvalue weighted by atomic mass is 10.4. The number of aromatic nitrogens is 1. The maximum Gasteiger partial charge on any atom is 0.264 e. The zero-order valence-electron chi connectivity index (χ0n) is 10.5. The van der Waals surface area contributed by atoms with E-state index in [0.717, 1.165) is 11.4 Å². The number of hydrogen-bond acceptors (Lipinski definition) is 4. The summed E-state index contributed by atoms with van der Waals surface area (Å²) in [5, 5.41) is 4.74. The van der Waals surface area contributed by atoms with Crippen LogP contribution in [0, 0.1) is 0 Å². The molecule has 104 valence electrons. The molecule has 1 aliphatic rings. The van der Waals surface area contributed by atoms with E-state index in [1.54, 1.807) is 0 Å². The van der Waals surface area contributed by atoms with Gasteiger partial charge in [-0.3, -0.25) is 9.59 Å². The van der Waals surface area contributed by atoms with Crippen LogP contribution in [0.25, 0.3) is 5.69 Å². The van der Waals surface area contributed by atoms with Crippen molar-refractivity contribution in [3.63, 3.8) is 0 Å². The predicted octanol–water partition coefficient (Wildman–Crippen LogP) is 1.89. The van der Waals surface area contributed by atoms with Gasteiger partial charge in [0.05, 0.1) is 11.4 Å². The minimum atomic E-state index is -0.327. The van der Waals surface area contributed by atoms with Crippen LogP contribution in [-0.4, -0.2) is 22.1 Å². The number of fused-ring (bicyclic) bond motifs is 3. The number of primary amides is 1. The molecule has 0 saturated carbocycles. The Morgan fingerprint density at radius 2 is 2.35 bits per heavy atom. The summed E-state index contributed by atoms with van der Waals surface area (Å²) in [7, 11) is 0. The topological polar surface area (TPSA) is 77.1 Å². The van der Waals surface area contributed by atoms with Crippen molar-refractivity contribution in [3.05, 3.63) is 40.3 Å². The first-order valence-electron chi connectivity index (χ1n) is 6.12. The quantitative estimate of drug-likeness (QED) is 0.905. The van der Waals surface area contributed by atoms with Gasteiger partial charge in [-0.15, -0.1) is 23.1 Å². The summed E-state index contributed by atoms with van der Waals surface area (Å²) in [6, 6.07) is 5.88. The van der Waals surface area contributed by atoms with Crippen LogP contribution in [0.1, 0.15) is 27.2 Å². The van der Waals surface area contributed by atoms with Crippen molar-refractivity contribution >= 4 is 34.9 Å². The molecular weight excluding hydrogens is 294 g/mol. The van der Waals surface area contributed by atoms with Gasteiger partial charge in [0.2, 0.25) is 5.91 Å². The number of carbonyl (C=O) groups excluding carboxylic acids is 2. The third-order valence-corrected chi connectivity index (χ3v) is 5.09. The van der Waals surface area contributed by atoms with E-state index >= 15 is 0 Å². The van der Waals surface area contributed by atoms with Gasteiger partial charge >= 0.3 is 0 Å². The fourth-order valence-electron chi connectivity index (χ4n) is 2.15. The Morgan fingerprint density at radius 1 is 1.50 bits per heavy atom. The van der Waals surface area contributed by atoms with Crippen molar-refractivity contribution in [1.29, 1.82) is 0 Å². The minimum absolute atomic E-state index is 0.0738. The molecule has 7 heteroatoms. The van der Waals surface area contributed by atoms with Crippen LogP contribution < -0.4 is 11.1 Å². The number of thioether (sulfide) groups is 1. The van der Waals surface area contributed by atoms with E-state index in [-0.39, 0.29) is 17.2 Å². The van der Waals surface area contributed by atoms with E-state index in [9.17, 15) is 9.59 Å². The van der Waals surface area contributed by atoms with E-state index in [0.29, 0.717) is 17.1 Å². The molecule has 1 aliphatic heterocycles. The standard InChI is InChI=1S/C13H13N3O2S2/c14-10(17)4-7-20-13-9-2-1-5-16(9)8-3-6-19-11(8)12(18)15-13/h1-3,5-6,13H,4,7H2,(H2,14,17)(H,15,18). The highest BCUT2D eigenvalue weighted by molar-refractivity contribution is 7.99. The van der Waals surface area contributed by atoms with E-state index in [1.165, 1.54) is 23.1 Å². The van der Waals surface area contributed by atoms with Crippen molar-refractivity contribution in [2.45, 2.75) is 11.8 Å². The fraction of sp³-hybridized carbons (Fsp3) is 0.231. The van der Waals surface area contributed by atoms with Crippen molar-refractivity contribution in [3.8, 4) is 5.69 Å². The van der Waals surface area contributed by atoms with E-state index in [1.807, 2.05) is 34.3 Å².